The molecule has 25 heavy (non-hydrogen) atoms. The van der Waals surface area contributed by atoms with Crippen LogP contribution in [0.1, 0.15) is 45.0 Å². The van der Waals surface area contributed by atoms with Crippen molar-refractivity contribution in [3.05, 3.63) is 39.5 Å². The average Bonchev–Trinajstić information content (AvgIpc) is 2.74. The fourth-order valence-electron chi connectivity index (χ4n) is 2.87. The first-order valence-corrected chi connectivity index (χ1v) is 9.48. The zero-order valence-corrected chi connectivity index (χ0v) is 17.3. The standard InChI is InChI=1S/C19H22BIO4/c1-6-23-17(22)13-9-12-10-14(21)7-8-15(12)16(11-13)20-24-18(2,3)19(4,5)25-20/h7-11H,6H2,1-5H3. The number of hydrogen-bond donors (Lipinski definition) is 0. The van der Waals surface area contributed by atoms with Gasteiger partial charge in [-0.2, -0.15) is 0 Å². The Labute approximate surface area is 162 Å². The van der Waals surface area contributed by atoms with Crippen LogP contribution < -0.4 is 5.46 Å². The Balaban J connectivity index is 2.15. The smallest absolute Gasteiger partial charge is 0.462 e. The summed E-state index contributed by atoms with van der Waals surface area (Å²) in [6.07, 6.45) is 0. The lowest BCUT2D eigenvalue weighted by Gasteiger charge is -2.32. The van der Waals surface area contributed by atoms with Gasteiger partial charge in [0.15, 0.2) is 0 Å². The van der Waals surface area contributed by atoms with Gasteiger partial charge < -0.3 is 14.0 Å². The third-order valence-corrected chi connectivity index (χ3v) is 5.64. The van der Waals surface area contributed by atoms with E-state index in [1.54, 1.807) is 6.92 Å². The van der Waals surface area contributed by atoms with E-state index in [1.165, 1.54) is 0 Å². The SMILES string of the molecule is CCOC(=O)c1cc(B2OC(C)(C)C(C)(C)O2)c2ccc(I)cc2c1. The predicted molar refractivity (Wildman–Crippen MR) is 108 cm³/mol. The van der Waals surface area contributed by atoms with E-state index in [1.807, 2.05) is 58.0 Å². The monoisotopic (exact) mass is 452 g/mol. The number of fused-ring (bicyclic) bond motifs is 1. The molecule has 2 aromatic rings. The van der Waals surface area contributed by atoms with E-state index in [-0.39, 0.29) is 5.97 Å². The highest BCUT2D eigenvalue weighted by molar-refractivity contribution is 14.1. The van der Waals surface area contributed by atoms with Crippen molar-refractivity contribution in [3.63, 3.8) is 0 Å². The minimum Gasteiger partial charge on any atom is -0.462 e. The largest absolute Gasteiger partial charge is 0.495 e. The lowest BCUT2D eigenvalue weighted by Crippen LogP contribution is -2.41. The minimum atomic E-state index is -0.526. The first-order valence-electron chi connectivity index (χ1n) is 8.40. The molecule has 0 saturated carbocycles. The molecule has 1 heterocycles. The molecule has 4 nitrogen and oxygen atoms in total. The van der Waals surface area contributed by atoms with Crippen LogP contribution in [-0.4, -0.2) is 30.9 Å². The summed E-state index contributed by atoms with van der Waals surface area (Å²) in [5, 5.41) is 1.99. The molecule has 132 valence electrons. The number of ether oxygens (including phenoxy) is 1. The van der Waals surface area contributed by atoms with Gasteiger partial charge in [0.2, 0.25) is 0 Å². The van der Waals surface area contributed by atoms with Crippen LogP contribution in [-0.2, 0) is 14.0 Å². The van der Waals surface area contributed by atoms with Crippen LogP contribution in [0.25, 0.3) is 10.8 Å². The highest BCUT2D eigenvalue weighted by Gasteiger charge is 2.52. The van der Waals surface area contributed by atoms with Gasteiger partial charge in [-0.15, -0.1) is 0 Å². The Morgan fingerprint density at radius 2 is 1.76 bits per heavy atom. The van der Waals surface area contributed by atoms with Crippen molar-refractivity contribution in [2.24, 2.45) is 0 Å². The lowest BCUT2D eigenvalue weighted by atomic mass is 9.75. The van der Waals surface area contributed by atoms with Crippen molar-refractivity contribution in [1.82, 2.24) is 0 Å². The molecule has 1 saturated heterocycles. The maximum atomic E-state index is 12.3. The Morgan fingerprint density at radius 1 is 1.12 bits per heavy atom. The Bertz CT molecular complexity index is 816. The molecule has 0 atom stereocenters. The van der Waals surface area contributed by atoms with Gasteiger partial charge in [-0.05, 0) is 97.7 Å². The second kappa shape index (κ2) is 6.56. The number of rotatable bonds is 3. The summed E-state index contributed by atoms with van der Waals surface area (Å²) >= 11 is 2.27. The molecule has 0 aromatic heterocycles. The number of benzene rings is 2. The zero-order chi connectivity index (χ0) is 18.4. The van der Waals surface area contributed by atoms with Gasteiger partial charge >= 0.3 is 13.1 Å². The van der Waals surface area contributed by atoms with Crippen molar-refractivity contribution in [2.45, 2.75) is 45.8 Å². The first-order chi connectivity index (χ1) is 11.6. The number of carbonyl (C=O) groups is 1. The highest BCUT2D eigenvalue weighted by Crippen LogP contribution is 2.37. The lowest BCUT2D eigenvalue weighted by molar-refractivity contribution is 0.00578. The molecule has 1 aliphatic rings. The van der Waals surface area contributed by atoms with E-state index < -0.39 is 18.3 Å². The topological polar surface area (TPSA) is 44.8 Å². The van der Waals surface area contributed by atoms with Crippen LogP contribution in [0.15, 0.2) is 30.3 Å². The number of halogens is 1. The molecule has 1 aliphatic heterocycles. The summed E-state index contributed by atoms with van der Waals surface area (Å²) in [4.78, 5) is 12.3. The van der Waals surface area contributed by atoms with Crippen LogP contribution in [0.3, 0.4) is 0 Å². The fourth-order valence-corrected chi connectivity index (χ4v) is 3.38. The molecule has 0 unspecified atom stereocenters. The van der Waals surface area contributed by atoms with Crippen LogP contribution in [0, 0.1) is 3.57 Å². The van der Waals surface area contributed by atoms with Crippen molar-refractivity contribution < 1.29 is 18.8 Å². The summed E-state index contributed by atoms with van der Waals surface area (Å²) in [6, 6.07) is 9.83. The number of esters is 1. The molecule has 0 amide bonds. The minimum absolute atomic E-state index is 0.332. The van der Waals surface area contributed by atoms with Gasteiger partial charge in [0, 0.05) is 3.57 Å². The molecule has 0 N–H and O–H groups in total. The molecular formula is C19H22BIO4. The molecule has 0 spiro atoms. The van der Waals surface area contributed by atoms with Crippen LogP contribution >= 0.6 is 22.6 Å². The van der Waals surface area contributed by atoms with Gasteiger partial charge in [0.1, 0.15) is 0 Å². The molecule has 0 radical (unpaired) electrons. The van der Waals surface area contributed by atoms with Gasteiger partial charge in [-0.3, -0.25) is 0 Å². The average molecular weight is 452 g/mol. The van der Waals surface area contributed by atoms with E-state index >= 15 is 0 Å². The Morgan fingerprint density at radius 3 is 2.36 bits per heavy atom. The summed E-state index contributed by atoms with van der Waals surface area (Å²) in [5.41, 5.74) is 0.497. The van der Waals surface area contributed by atoms with Crippen LogP contribution in [0.2, 0.25) is 0 Å². The fraction of sp³-hybridized carbons (Fsp3) is 0.421. The summed E-state index contributed by atoms with van der Waals surface area (Å²) in [6.45, 7) is 10.2. The second-order valence-electron chi connectivity index (χ2n) is 7.24. The summed E-state index contributed by atoms with van der Waals surface area (Å²) in [5.74, 6) is -0.332. The maximum Gasteiger partial charge on any atom is 0.495 e. The third-order valence-electron chi connectivity index (χ3n) is 4.96. The van der Waals surface area contributed by atoms with E-state index in [0.29, 0.717) is 12.2 Å². The first kappa shape index (κ1) is 18.7. The number of hydrogen-bond acceptors (Lipinski definition) is 4. The molecule has 6 heteroatoms. The quantitative estimate of drug-likeness (QED) is 0.403. The molecule has 0 aliphatic carbocycles. The normalized spacial score (nSPS) is 18.6. The molecular weight excluding hydrogens is 430 g/mol. The highest BCUT2D eigenvalue weighted by atomic mass is 127. The van der Waals surface area contributed by atoms with E-state index in [2.05, 4.69) is 22.6 Å². The Hall–Kier alpha value is -1.12. The van der Waals surface area contributed by atoms with Gasteiger partial charge in [0.05, 0.1) is 23.4 Å². The third kappa shape index (κ3) is 3.44. The van der Waals surface area contributed by atoms with E-state index in [9.17, 15) is 4.79 Å². The zero-order valence-electron chi connectivity index (χ0n) is 15.2. The van der Waals surface area contributed by atoms with Crippen LogP contribution in [0.4, 0.5) is 0 Å². The van der Waals surface area contributed by atoms with Crippen LogP contribution in [0.5, 0.6) is 0 Å². The van der Waals surface area contributed by atoms with Gasteiger partial charge in [-0.1, -0.05) is 6.07 Å². The van der Waals surface area contributed by atoms with Crippen molar-refractivity contribution in [1.29, 1.82) is 0 Å². The van der Waals surface area contributed by atoms with Gasteiger partial charge in [-0.25, -0.2) is 4.79 Å². The molecule has 2 aromatic carbocycles. The van der Waals surface area contributed by atoms with Crippen molar-refractivity contribution in [3.8, 4) is 0 Å². The van der Waals surface area contributed by atoms with Crippen molar-refractivity contribution >= 4 is 51.9 Å². The molecule has 3 rings (SSSR count). The predicted octanol–water partition coefficient (Wildman–Crippen LogP) is 3.92. The van der Waals surface area contributed by atoms with Crippen molar-refractivity contribution in [2.75, 3.05) is 6.61 Å². The molecule has 0 bridgehead atoms. The molecule has 1 fully saturated rings. The summed E-state index contributed by atoms with van der Waals surface area (Å²) < 4.78 is 18.7. The second-order valence-corrected chi connectivity index (χ2v) is 8.49. The Kier molecular flexibility index (Phi) is 4.90. The van der Waals surface area contributed by atoms with E-state index in [4.69, 9.17) is 14.0 Å². The summed E-state index contributed by atoms with van der Waals surface area (Å²) in [7, 11) is -0.526. The maximum absolute atomic E-state index is 12.3. The number of carbonyl (C=O) groups excluding carboxylic acids is 1. The van der Waals surface area contributed by atoms with Gasteiger partial charge in [0.25, 0.3) is 0 Å². The van der Waals surface area contributed by atoms with E-state index in [0.717, 1.165) is 19.8 Å².